The third-order valence-corrected chi connectivity index (χ3v) is 2.97. The van der Waals surface area contributed by atoms with Gasteiger partial charge in [-0.15, -0.1) is 0 Å². The summed E-state index contributed by atoms with van der Waals surface area (Å²) in [4.78, 5) is 17.2. The number of carbonyl (C=O) groups is 1. The number of hydrogen-bond donors (Lipinski definition) is 1. The largest absolute Gasteiger partial charge is 0.418 e. The van der Waals surface area contributed by atoms with Gasteiger partial charge < -0.3 is 10.2 Å². The molecule has 0 unspecified atom stereocenters. The fraction of sp³-hybridized carbons (Fsp3) is 0.500. The second-order valence-electron chi connectivity index (χ2n) is 4.50. The van der Waals surface area contributed by atoms with Crippen LogP contribution in [-0.4, -0.2) is 41.5 Å². The summed E-state index contributed by atoms with van der Waals surface area (Å²) in [6.07, 6.45) is -3.37. The van der Waals surface area contributed by atoms with E-state index >= 15 is 0 Å². The minimum Gasteiger partial charge on any atom is -0.334 e. The molecule has 1 saturated heterocycles. The predicted molar refractivity (Wildman–Crippen MR) is 62.6 cm³/mol. The Kier molecular flexibility index (Phi) is 3.75. The van der Waals surface area contributed by atoms with Gasteiger partial charge in [0.25, 0.3) is 5.91 Å². The van der Waals surface area contributed by atoms with Crippen molar-refractivity contribution in [3.05, 3.63) is 29.6 Å². The van der Waals surface area contributed by atoms with Crippen molar-refractivity contribution in [2.75, 3.05) is 19.6 Å². The lowest BCUT2D eigenvalue weighted by Crippen LogP contribution is -2.51. The van der Waals surface area contributed by atoms with Gasteiger partial charge in [-0.2, -0.15) is 13.2 Å². The highest BCUT2D eigenvalue weighted by molar-refractivity contribution is 5.94. The average Bonchev–Trinajstić information content (AvgIpc) is 2.37. The molecule has 0 saturated carbocycles. The summed E-state index contributed by atoms with van der Waals surface area (Å²) in [5, 5.41) is 3.13. The van der Waals surface area contributed by atoms with Crippen molar-refractivity contribution in [3.8, 4) is 0 Å². The second-order valence-corrected chi connectivity index (χ2v) is 4.50. The van der Waals surface area contributed by atoms with Gasteiger partial charge in [-0.1, -0.05) is 0 Å². The van der Waals surface area contributed by atoms with Gasteiger partial charge in [-0.05, 0) is 19.1 Å². The standard InChI is InChI=1S/C12H14F3N3O/c1-8-7-18(6-5-16-8)11(19)10-9(12(13,14)15)3-2-4-17-10/h2-4,8,16H,5-7H2,1H3/t8-/m1/s1. The quantitative estimate of drug-likeness (QED) is 0.844. The van der Waals surface area contributed by atoms with Gasteiger partial charge in [0.05, 0.1) is 5.56 Å². The maximum atomic E-state index is 12.8. The molecular weight excluding hydrogens is 259 g/mol. The fourth-order valence-electron chi connectivity index (χ4n) is 2.07. The van der Waals surface area contributed by atoms with E-state index in [4.69, 9.17) is 0 Å². The predicted octanol–water partition coefficient (Wildman–Crippen LogP) is 1.53. The highest BCUT2D eigenvalue weighted by Crippen LogP contribution is 2.31. The average molecular weight is 273 g/mol. The summed E-state index contributed by atoms with van der Waals surface area (Å²) in [6, 6.07) is 2.13. The van der Waals surface area contributed by atoms with Gasteiger partial charge in [-0.3, -0.25) is 9.78 Å². The molecule has 4 nitrogen and oxygen atoms in total. The van der Waals surface area contributed by atoms with Crippen LogP contribution in [0.2, 0.25) is 0 Å². The second kappa shape index (κ2) is 5.16. The Morgan fingerprint density at radius 2 is 2.26 bits per heavy atom. The van der Waals surface area contributed by atoms with Crippen molar-refractivity contribution >= 4 is 5.91 Å². The Bertz CT molecular complexity index is 476. The van der Waals surface area contributed by atoms with Crippen LogP contribution in [0.25, 0.3) is 0 Å². The molecule has 1 aromatic rings. The van der Waals surface area contributed by atoms with Crippen molar-refractivity contribution in [1.82, 2.24) is 15.2 Å². The zero-order valence-electron chi connectivity index (χ0n) is 10.4. The van der Waals surface area contributed by atoms with Gasteiger partial charge in [-0.25, -0.2) is 0 Å². The Labute approximate surface area is 108 Å². The zero-order valence-corrected chi connectivity index (χ0v) is 10.4. The molecule has 0 aromatic carbocycles. The van der Waals surface area contributed by atoms with Crippen LogP contribution < -0.4 is 5.32 Å². The number of amides is 1. The van der Waals surface area contributed by atoms with E-state index in [2.05, 4.69) is 10.3 Å². The molecule has 1 aliphatic rings. The number of piperazine rings is 1. The molecule has 0 spiro atoms. The molecule has 1 amide bonds. The summed E-state index contributed by atoms with van der Waals surface area (Å²) >= 11 is 0. The van der Waals surface area contributed by atoms with Gasteiger partial charge in [0, 0.05) is 31.9 Å². The Morgan fingerprint density at radius 1 is 1.53 bits per heavy atom. The van der Waals surface area contributed by atoms with E-state index in [0.29, 0.717) is 19.6 Å². The maximum absolute atomic E-state index is 12.8. The first-order valence-electron chi connectivity index (χ1n) is 5.94. The molecule has 1 aromatic heterocycles. The Hall–Kier alpha value is -1.63. The van der Waals surface area contributed by atoms with E-state index in [1.54, 1.807) is 0 Å². The van der Waals surface area contributed by atoms with E-state index in [9.17, 15) is 18.0 Å². The number of halogens is 3. The molecule has 0 bridgehead atoms. The normalized spacial score (nSPS) is 20.4. The molecule has 2 rings (SSSR count). The van der Waals surface area contributed by atoms with Crippen molar-refractivity contribution < 1.29 is 18.0 Å². The maximum Gasteiger partial charge on any atom is 0.418 e. The summed E-state index contributed by atoms with van der Waals surface area (Å²) in [5.41, 5.74) is -1.50. The number of hydrogen-bond acceptors (Lipinski definition) is 3. The van der Waals surface area contributed by atoms with Crippen LogP contribution in [0.3, 0.4) is 0 Å². The molecule has 19 heavy (non-hydrogen) atoms. The van der Waals surface area contributed by atoms with Crippen LogP contribution in [0.15, 0.2) is 18.3 Å². The first kappa shape index (κ1) is 13.8. The van der Waals surface area contributed by atoms with Gasteiger partial charge in [0.2, 0.25) is 0 Å². The molecule has 1 fully saturated rings. The number of alkyl halides is 3. The third kappa shape index (κ3) is 3.04. The number of pyridine rings is 1. The van der Waals surface area contributed by atoms with Crippen molar-refractivity contribution in [1.29, 1.82) is 0 Å². The fourth-order valence-corrected chi connectivity index (χ4v) is 2.07. The summed E-state index contributed by atoms with van der Waals surface area (Å²) < 4.78 is 38.5. The van der Waals surface area contributed by atoms with Crippen molar-refractivity contribution in [2.24, 2.45) is 0 Å². The van der Waals surface area contributed by atoms with E-state index in [-0.39, 0.29) is 6.04 Å². The molecule has 1 aliphatic heterocycles. The first-order valence-corrected chi connectivity index (χ1v) is 5.94. The molecule has 2 heterocycles. The highest BCUT2D eigenvalue weighted by atomic mass is 19.4. The van der Waals surface area contributed by atoms with E-state index < -0.39 is 23.3 Å². The van der Waals surface area contributed by atoms with Gasteiger partial charge >= 0.3 is 6.18 Å². The summed E-state index contributed by atoms with van der Waals surface area (Å²) in [5.74, 6) is -0.665. The van der Waals surface area contributed by atoms with Gasteiger partial charge in [0.15, 0.2) is 0 Å². The molecular formula is C12H14F3N3O. The smallest absolute Gasteiger partial charge is 0.334 e. The van der Waals surface area contributed by atoms with E-state index in [1.807, 2.05) is 6.92 Å². The number of carbonyl (C=O) groups excluding carboxylic acids is 1. The highest BCUT2D eigenvalue weighted by Gasteiger charge is 2.37. The van der Waals surface area contributed by atoms with Crippen LogP contribution in [0.1, 0.15) is 23.0 Å². The SMILES string of the molecule is C[C@@H]1CN(C(=O)c2ncccc2C(F)(F)F)CCN1. The Morgan fingerprint density at radius 3 is 2.89 bits per heavy atom. The molecule has 0 aliphatic carbocycles. The third-order valence-electron chi connectivity index (χ3n) is 2.97. The van der Waals surface area contributed by atoms with E-state index in [0.717, 1.165) is 6.07 Å². The zero-order chi connectivity index (χ0) is 14.0. The van der Waals surface area contributed by atoms with E-state index in [1.165, 1.54) is 17.2 Å². The van der Waals surface area contributed by atoms with Crippen LogP contribution >= 0.6 is 0 Å². The van der Waals surface area contributed by atoms with Crippen LogP contribution in [-0.2, 0) is 6.18 Å². The first-order chi connectivity index (χ1) is 8.89. The minimum atomic E-state index is -4.57. The summed E-state index contributed by atoms with van der Waals surface area (Å²) in [7, 11) is 0. The number of nitrogens with one attached hydrogen (secondary N) is 1. The monoisotopic (exact) mass is 273 g/mol. The molecule has 1 atom stereocenters. The van der Waals surface area contributed by atoms with Crippen LogP contribution in [0.4, 0.5) is 13.2 Å². The van der Waals surface area contributed by atoms with Gasteiger partial charge in [0.1, 0.15) is 5.69 Å². The van der Waals surface area contributed by atoms with Crippen molar-refractivity contribution in [3.63, 3.8) is 0 Å². The molecule has 7 heteroatoms. The molecule has 104 valence electrons. The van der Waals surface area contributed by atoms with Crippen molar-refractivity contribution in [2.45, 2.75) is 19.1 Å². The number of rotatable bonds is 1. The lowest BCUT2D eigenvalue weighted by Gasteiger charge is -2.32. The molecule has 0 radical (unpaired) electrons. The number of nitrogens with zero attached hydrogens (tertiary/aromatic N) is 2. The van der Waals surface area contributed by atoms with Crippen LogP contribution in [0, 0.1) is 0 Å². The molecule has 1 N–H and O–H groups in total. The lowest BCUT2D eigenvalue weighted by atomic mass is 10.1. The lowest BCUT2D eigenvalue weighted by molar-refractivity contribution is -0.138. The number of aromatic nitrogens is 1. The minimum absolute atomic E-state index is 0.0655. The summed E-state index contributed by atoms with van der Waals surface area (Å²) in [6.45, 7) is 3.22. The Balaban J connectivity index is 2.29. The topological polar surface area (TPSA) is 45.2 Å². The van der Waals surface area contributed by atoms with Crippen LogP contribution in [0.5, 0.6) is 0 Å².